The highest BCUT2D eigenvalue weighted by atomic mass is 32.2. The number of rotatable bonds is 1. The first-order valence-electron chi connectivity index (χ1n) is 8.83. The van der Waals surface area contributed by atoms with Gasteiger partial charge in [0.25, 0.3) is 0 Å². The van der Waals surface area contributed by atoms with E-state index in [9.17, 15) is 9.59 Å². The predicted octanol–water partition coefficient (Wildman–Crippen LogP) is 3.04. The summed E-state index contributed by atoms with van der Waals surface area (Å²) in [6, 6.07) is 0. The molecule has 0 aromatic rings. The molecule has 0 bridgehead atoms. The first kappa shape index (κ1) is 18.2. The van der Waals surface area contributed by atoms with E-state index in [0.29, 0.717) is 17.2 Å². The van der Waals surface area contributed by atoms with Gasteiger partial charge in [-0.25, -0.2) is 4.79 Å². The zero-order chi connectivity index (χ0) is 17.4. The lowest BCUT2D eigenvalue weighted by atomic mass is 9.99. The Hall–Kier alpha value is -0.560. The van der Waals surface area contributed by atoms with Gasteiger partial charge >= 0.3 is 6.09 Å². The number of hydrogen-bond acceptors (Lipinski definition) is 5. The second kappa shape index (κ2) is 6.98. The molecule has 3 saturated heterocycles. The Morgan fingerprint density at radius 2 is 1.71 bits per heavy atom. The number of carbonyl (C=O) groups excluding carboxylic acids is 2. The van der Waals surface area contributed by atoms with Crippen LogP contribution >= 0.6 is 23.5 Å². The first-order valence-corrected chi connectivity index (χ1v) is 10.8. The highest BCUT2D eigenvalue weighted by Gasteiger charge is 2.42. The van der Waals surface area contributed by atoms with E-state index in [4.69, 9.17) is 4.74 Å². The quantitative estimate of drug-likeness (QED) is 0.708. The third kappa shape index (κ3) is 4.15. The number of thioether (sulfide) groups is 2. The van der Waals surface area contributed by atoms with Gasteiger partial charge in [-0.1, -0.05) is 0 Å². The van der Waals surface area contributed by atoms with Crippen LogP contribution in [-0.2, 0) is 9.53 Å². The zero-order valence-corrected chi connectivity index (χ0v) is 16.5. The maximum absolute atomic E-state index is 12.7. The highest BCUT2D eigenvalue weighted by Crippen LogP contribution is 2.50. The lowest BCUT2D eigenvalue weighted by molar-refractivity contribution is -0.140. The van der Waals surface area contributed by atoms with Gasteiger partial charge in [-0.15, -0.1) is 23.5 Å². The molecule has 0 aromatic heterocycles. The molecule has 7 heteroatoms. The van der Waals surface area contributed by atoms with E-state index in [2.05, 4.69) is 23.5 Å². The first-order chi connectivity index (χ1) is 11.3. The van der Waals surface area contributed by atoms with E-state index >= 15 is 0 Å². The van der Waals surface area contributed by atoms with Crippen molar-refractivity contribution >= 4 is 35.5 Å². The summed E-state index contributed by atoms with van der Waals surface area (Å²) in [5.41, 5.74) is -0.484. The van der Waals surface area contributed by atoms with Crippen LogP contribution in [0.1, 0.15) is 40.0 Å². The standard InChI is InChI=1S/C17H28N2O3S2/c1-16(2,3)22-15(21)19-11-13(12-19)14(20)18-7-4-5-17(6-8-18)23-9-10-24-17/h13H,4-12H2,1-3H3. The molecular formula is C17H28N2O3S2. The number of amides is 2. The van der Waals surface area contributed by atoms with Crippen molar-refractivity contribution in [3.05, 3.63) is 0 Å². The van der Waals surface area contributed by atoms with E-state index in [0.717, 1.165) is 25.9 Å². The summed E-state index contributed by atoms with van der Waals surface area (Å²) < 4.78 is 5.71. The molecule has 24 heavy (non-hydrogen) atoms. The van der Waals surface area contributed by atoms with Gasteiger partial charge in [-0.3, -0.25) is 4.79 Å². The van der Waals surface area contributed by atoms with Gasteiger partial charge in [-0.05, 0) is 40.0 Å². The Labute approximate surface area is 153 Å². The molecule has 1 spiro atoms. The molecule has 0 atom stereocenters. The molecule has 0 aliphatic carbocycles. The third-order valence-electron chi connectivity index (χ3n) is 4.76. The van der Waals surface area contributed by atoms with Gasteiger partial charge in [0, 0.05) is 37.7 Å². The third-order valence-corrected chi connectivity index (χ3v) is 8.41. The summed E-state index contributed by atoms with van der Waals surface area (Å²) in [5.74, 6) is 2.66. The number of ether oxygens (including phenoxy) is 1. The topological polar surface area (TPSA) is 49.9 Å². The fraction of sp³-hybridized carbons (Fsp3) is 0.882. The molecule has 3 aliphatic heterocycles. The summed E-state index contributed by atoms with van der Waals surface area (Å²) in [5, 5.41) is 0. The van der Waals surface area contributed by atoms with E-state index in [-0.39, 0.29) is 17.9 Å². The van der Waals surface area contributed by atoms with Crippen LogP contribution in [0.25, 0.3) is 0 Å². The Morgan fingerprint density at radius 3 is 2.33 bits per heavy atom. The monoisotopic (exact) mass is 372 g/mol. The maximum atomic E-state index is 12.7. The summed E-state index contributed by atoms with van der Waals surface area (Å²) in [6.45, 7) is 8.31. The van der Waals surface area contributed by atoms with E-state index in [1.54, 1.807) is 4.90 Å². The Balaban J connectivity index is 1.47. The van der Waals surface area contributed by atoms with Gasteiger partial charge in [0.1, 0.15) is 5.60 Å². The van der Waals surface area contributed by atoms with Crippen molar-refractivity contribution in [1.29, 1.82) is 0 Å². The summed E-state index contributed by atoms with van der Waals surface area (Å²) >= 11 is 4.17. The largest absolute Gasteiger partial charge is 0.444 e. The minimum absolute atomic E-state index is 0.0459. The molecule has 0 N–H and O–H groups in total. The molecule has 5 nitrogen and oxygen atoms in total. The van der Waals surface area contributed by atoms with Gasteiger partial charge < -0.3 is 14.5 Å². The van der Waals surface area contributed by atoms with Crippen LogP contribution in [0.15, 0.2) is 0 Å². The van der Waals surface area contributed by atoms with Gasteiger partial charge in [-0.2, -0.15) is 0 Å². The van der Waals surface area contributed by atoms with E-state index in [1.807, 2.05) is 25.7 Å². The average Bonchev–Trinajstić information content (AvgIpc) is 2.76. The molecule has 3 aliphatic rings. The number of hydrogen-bond donors (Lipinski definition) is 0. The van der Waals surface area contributed by atoms with Crippen molar-refractivity contribution in [3.8, 4) is 0 Å². The van der Waals surface area contributed by atoms with Crippen LogP contribution in [0.4, 0.5) is 4.79 Å². The Morgan fingerprint density at radius 1 is 1.04 bits per heavy atom. The molecule has 0 radical (unpaired) electrons. The zero-order valence-electron chi connectivity index (χ0n) is 14.9. The molecule has 0 aromatic carbocycles. The Bertz CT molecular complexity index is 495. The molecular weight excluding hydrogens is 344 g/mol. The maximum Gasteiger partial charge on any atom is 0.410 e. The average molecular weight is 373 g/mol. The fourth-order valence-corrected chi connectivity index (χ4v) is 6.75. The molecule has 3 heterocycles. The predicted molar refractivity (Wildman–Crippen MR) is 99.4 cm³/mol. The van der Waals surface area contributed by atoms with Crippen LogP contribution < -0.4 is 0 Å². The van der Waals surface area contributed by atoms with Gasteiger partial charge in [0.15, 0.2) is 0 Å². The number of nitrogens with zero attached hydrogens (tertiary/aromatic N) is 2. The van der Waals surface area contributed by atoms with E-state index in [1.165, 1.54) is 17.9 Å². The summed E-state index contributed by atoms with van der Waals surface area (Å²) in [6.07, 6.45) is 3.09. The summed E-state index contributed by atoms with van der Waals surface area (Å²) in [4.78, 5) is 28.4. The lowest BCUT2D eigenvalue weighted by Gasteiger charge is -2.40. The smallest absolute Gasteiger partial charge is 0.410 e. The van der Waals surface area contributed by atoms with Crippen LogP contribution in [0.3, 0.4) is 0 Å². The van der Waals surface area contributed by atoms with Gasteiger partial charge in [0.2, 0.25) is 5.91 Å². The van der Waals surface area contributed by atoms with Crippen molar-refractivity contribution < 1.29 is 14.3 Å². The fourth-order valence-electron chi connectivity index (χ4n) is 3.46. The van der Waals surface area contributed by atoms with Crippen LogP contribution in [0, 0.1) is 5.92 Å². The van der Waals surface area contributed by atoms with Crippen molar-refractivity contribution in [3.63, 3.8) is 0 Å². The lowest BCUT2D eigenvalue weighted by Crippen LogP contribution is -2.57. The van der Waals surface area contributed by atoms with Crippen molar-refractivity contribution in [1.82, 2.24) is 9.80 Å². The van der Waals surface area contributed by atoms with Crippen LogP contribution in [0.5, 0.6) is 0 Å². The van der Waals surface area contributed by atoms with Crippen LogP contribution in [-0.4, -0.2) is 69.2 Å². The van der Waals surface area contributed by atoms with E-state index < -0.39 is 5.60 Å². The molecule has 3 fully saturated rings. The SMILES string of the molecule is CC(C)(C)OC(=O)N1CC(C(=O)N2CCCC3(CC2)SCCS3)C1. The van der Waals surface area contributed by atoms with Crippen molar-refractivity contribution in [2.45, 2.75) is 49.7 Å². The molecule has 136 valence electrons. The Kier molecular flexibility index (Phi) is 5.30. The normalized spacial score (nSPS) is 24.6. The molecule has 0 unspecified atom stereocenters. The highest BCUT2D eigenvalue weighted by molar-refractivity contribution is 8.21. The van der Waals surface area contributed by atoms with Crippen molar-refractivity contribution in [2.24, 2.45) is 5.92 Å². The molecule has 2 amide bonds. The minimum atomic E-state index is -0.484. The van der Waals surface area contributed by atoms with Crippen molar-refractivity contribution in [2.75, 3.05) is 37.7 Å². The summed E-state index contributed by atoms with van der Waals surface area (Å²) in [7, 11) is 0. The number of likely N-dealkylation sites (tertiary alicyclic amines) is 2. The van der Waals surface area contributed by atoms with Gasteiger partial charge in [0.05, 0.1) is 10.00 Å². The van der Waals surface area contributed by atoms with Crippen LogP contribution in [0.2, 0.25) is 0 Å². The molecule has 3 rings (SSSR count). The minimum Gasteiger partial charge on any atom is -0.444 e. The molecule has 0 saturated carbocycles. The second-order valence-electron chi connectivity index (χ2n) is 7.87. The second-order valence-corrected chi connectivity index (χ2v) is 11.1. The number of carbonyl (C=O) groups is 2.